The first-order chi connectivity index (χ1) is 13.7. The molecule has 2 aliphatic rings. The maximum Gasteiger partial charge on any atom is 0.416 e. The van der Waals surface area contributed by atoms with Crippen LogP contribution in [0.3, 0.4) is 0 Å². The highest BCUT2D eigenvalue weighted by Gasteiger charge is 2.42. The second kappa shape index (κ2) is 7.13. The van der Waals surface area contributed by atoms with Crippen molar-refractivity contribution in [2.75, 3.05) is 0 Å². The lowest BCUT2D eigenvalue weighted by molar-refractivity contribution is -0.138. The molecule has 0 aromatic heterocycles. The Labute approximate surface area is 164 Å². The summed E-state index contributed by atoms with van der Waals surface area (Å²) in [6, 6.07) is 10.8. The van der Waals surface area contributed by atoms with Gasteiger partial charge in [-0.15, -0.1) is 0 Å². The molecule has 150 valence electrons. The van der Waals surface area contributed by atoms with Gasteiger partial charge in [0.2, 0.25) is 5.91 Å². The Bertz CT molecular complexity index is 1010. The van der Waals surface area contributed by atoms with Gasteiger partial charge in [-0.2, -0.15) is 13.2 Å². The van der Waals surface area contributed by atoms with Gasteiger partial charge in [-0.05, 0) is 41.7 Å². The highest BCUT2D eigenvalue weighted by Crippen LogP contribution is 2.45. The first kappa shape index (κ1) is 19.4. The fraction of sp³-hybridized carbons (Fsp3) is 0.273. The topological polar surface area (TPSA) is 46.2 Å². The Kier molecular flexibility index (Phi) is 4.76. The van der Waals surface area contributed by atoms with E-state index in [-0.39, 0.29) is 35.7 Å². The van der Waals surface area contributed by atoms with E-state index in [9.17, 15) is 27.2 Å². The van der Waals surface area contributed by atoms with Crippen LogP contribution in [0.25, 0.3) is 0 Å². The SMILES string of the molecule is O=C1C[C@H](c2ccccc2C(F)(F)F)C2=C(C[C@@H](c3ccc(F)cc3)CC2=O)N1. The number of hydrogen-bond acceptors (Lipinski definition) is 2. The number of amides is 1. The smallest absolute Gasteiger partial charge is 0.329 e. The summed E-state index contributed by atoms with van der Waals surface area (Å²) >= 11 is 0. The van der Waals surface area contributed by atoms with Crippen LogP contribution < -0.4 is 5.32 Å². The predicted octanol–water partition coefficient (Wildman–Crippen LogP) is 4.85. The van der Waals surface area contributed by atoms with Gasteiger partial charge in [0.25, 0.3) is 0 Å². The number of allylic oxidation sites excluding steroid dienone is 2. The van der Waals surface area contributed by atoms with E-state index in [4.69, 9.17) is 0 Å². The van der Waals surface area contributed by atoms with E-state index in [1.165, 1.54) is 30.3 Å². The molecule has 1 amide bonds. The molecule has 2 aromatic carbocycles. The van der Waals surface area contributed by atoms with Crippen molar-refractivity contribution in [3.63, 3.8) is 0 Å². The number of rotatable bonds is 2. The summed E-state index contributed by atoms with van der Waals surface area (Å²) in [6.45, 7) is 0. The Morgan fingerprint density at radius 1 is 0.897 bits per heavy atom. The van der Waals surface area contributed by atoms with E-state index in [0.29, 0.717) is 12.1 Å². The Hall–Kier alpha value is -2.96. The third-order valence-corrected chi connectivity index (χ3v) is 5.52. The minimum Gasteiger partial charge on any atom is -0.329 e. The van der Waals surface area contributed by atoms with E-state index in [2.05, 4.69) is 5.32 Å². The van der Waals surface area contributed by atoms with Gasteiger partial charge in [-0.3, -0.25) is 9.59 Å². The first-order valence-electron chi connectivity index (χ1n) is 9.21. The standard InChI is InChI=1S/C22H17F4NO2/c23-14-7-5-12(6-8-14)13-9-18-21(19(28)10-13)16(11-20(29)27-18)15-3-1-2-4-17(15)22(24,25)26/h1-8,13,16H,9-11H2,(H,27,29)/t13-,16-/m1/s1. The summed E-state index contributed by atoms with van der Waals surface area (Å²) in [4.78, 5) is 25.2. The lowest BCUT2D eigenvalue weighted by Gasteiger charge is -2.35. The van der Waals surface area contributed by atoms with Crippen molar-refractivity contribution >= 4 is 11.7 Å². The molecular formula is C22H17F4NO2. The van der Waals surface area contributed by atoms with Crippen LogP contribution in [-0.4, -0.2) is 11.7 Å². The van der Waals surface area contributed by atoms with E-state index in [1.54, 1.807) is 12.1 Å². The summed E-state index contributed by atoms with van der Waals surface area (Å²) in [5.41, 5.74) is 0.475. The maximum absolute atomic E-state index is 13.5. The molecule has 0 saturated heterocycles. The molecule has 0 radical (unpaired) electrons. The second-order valence-electron chi connectivity index (χ2n) is 7.36. The van der Waals surface area contributed by atoms with Gasteiger partial charge in [-0.1, -0.05) is 30.3 Å². The number of halogens is 4. The zero-order valence-corrected chi connectivity index (χ0v) is 15.2. The maximum atomic E-state index is 13.5. The number of carbonyl (C=O) groups excluding carboxylic acids is 2. The normalized spacial score (nSPS) is 22.3. The molecule has 1 N–H and O–H groups in total. The number of ketones is 1. The molecule has 2 atom stereocenters. The molecule has 1 heterocycles. The van der Waals surface area contributed by atoms with Gasteiger partial charge in [0.1, 0.15) is 5.82 Å². The van der Waals surface area contributed by atoms with E-state index < -0.39 is 29.4 Å². The van der Waals surface area contributed by atoms with Crippen molar-refractivity contribution in [2.24, 2.45) is 0 Å². The fourth-order valence-electron chi connectivity index (χ4n) is 4.26. The molecule has 7 heteroatoms. The Morgan fingerprint density at radius 3 is 2.28 bits per heavy atom. The summed E-state index contributed by atoms with van der Waals surface area (Å²) in [7, 11) is 0. The number of hydrogen-bond donors (Lipinski definition) is 1. The predicted molar refractivity (Wildman–Crippen MR) is 97.4 cm³/mol. The molecular weight excluding hydrogens is 386 g/mol. The molecule has 3 nitrogen and oxygen atoms in total. The Morgan fingerprint density at radius 2 is 1.59 bits per heavy atom. The number of Topliss-reactive ketones (excluding diaryl/α,β-unsaturated/α-hetero) is 1. The average molecular weight is 403 g/mol. The van der Waals surface area contributed by atoms with Crippen LogP contribution in [0.5, 0.6) is 0 Å². The zero-order chi connectivity index (χ0) is 20.8. The largest absolute Gasteiger partial charge is 0.416 e. The number of benzene rings is 2. The molecule has 0 unspecified atom stereocenters. The van der Waals surface area contributed by atoms with Crippen LogP contribution in [-0.2, 0) is 15.8 Å². The molecule has 29 heavy (non-hydrogen) atoms. The summed E-state index contributed by atoms with van der Waals surface area (Å²) in [5, 5.41) is 2.68. The van der Waals surface area contributed by atoms with Crippen molar-refractivity contribution < 1.29 is 27.2 Å². The number of nitrogens with one attached hydrogen (secondary N) is 1. The molecule has 4 rings (SSSR count). The summed E-state index contributed by atoms with van der Waals surface area (Å²) < 4.78 is 53.7. The second-order valence-corrected chi connectivity index (χ2v) is 7.36. The van der Waals surface area contributed by atoms with Gasteiger partial charge in [0, 0.05) is 30.0 Å². The van der Waals surface area contributed by atoms with Gasteiger partial charge in [0.15, 0.2) is 5.78 Å². The van der Waals surface area contributed by atoms with Gasteiger partial charge < -0.3 is 5.32 Å². The van der Waals surface area contributed by atoms with Crippen molar-refractivity contribution in [3.05, 3.63) is 82.3 Å². The number of carbonyl (C=O) groups is 2. The van der Waals surface area contributed by atoms with Crippen molar-refractivity contribution in [3.8, 4) is 0 Å². The van der Waals surface area contributed by atoms with E-state index in [0.717, 1.165) is 11.6 Å². The van der Waals surface area contributed by atoms with Gasteiger partial charge in [-0.25, -0.2) is 4.39 Å². The third-order valence-electron chi connectivity index (χ3n) is 5.52. The highest BCUT2D eigenvalue weighted by atomic mass is 19.4. The fourth-order valence-corrected chi connectivity index (χ4v) is 4.26. The van der Waals surface area contributed by atoms with Crippen LogP contribution in [0.4, 0.5) is 17.6 Å². The molecule has 0 fully saturated rings. The van der Waals surface area contributed by atoms with Crippen LogP contribution in [0.1, 0.15) is 47.8 Å². The number of alkyl halides is 3. The lowest BCUT2D eigenvalue weighted by atomic mass is 9.72. The summed E-state index contributed by atoms with van der Waals surface area (Å²) in [5.74, 6) is -2.30. The van der Waals surface area contributed by atoms with Crippen molar-refractivity contribution in [1.29, 1.82) is 0 Å². The highest BCUT2D eigenvalue weighted by molar-refractivity contribution is 6.02. The molecule has 2 aromatic rings. The molecule has 0 bridgehead atoms. The Balaban J connectivity index is 1.76. The van der Waals surface area contributed by atoms with Crippen LogP contribution >= 0.6 is 0 Å². The van der Waals surface area contributed by atoms with Gasteiger partial charge >= 0.3 is 6.18 Å². The molecule has 0 saturated carbocycles. The zero-order valence-electron chi connectivity index (χ0n) is 15.2. The minimum absolute atomic E-state index is 0.0593. The average Bonchev–Trinajstić information content (AvgIpc) is 2.67. The third kappa shape index (κ3) is 3.69. The van der Waals surface area contributed by atoms with Crippen molar-refractivity contribution in [1.82, 2.24) is 5.32 Å². The molecule has 1 aliphatic heterocycles. The minimum atomic E-state index is -4.58. The molecule has 1 aliphatic carbocycles. The van der Waals surface area contributed by atoms with Crippen molar-refractivity contribution in [2.45, 2.75) is 37.3 Å². The lowest BCUT2D eigenvalue weighted by Crippen LogP contribution is -2.38. The van der Waals surface area contributed by atoms with Crippen LogP contribution in [0.15, 0.2) is 59.8 Å². The quantitative estimate of drug-likeness (QED) is 0.729. The molecule has 0 spiro atoms. The van der Waals surface area contributed by atoms with Crippen LogP contribution in [0, 0.1) is 5.82 Å². The first-order valence-corrected chi connectivity index (χ1v) is 9.21. The van der Waals surface area contributed by atoms with E-state index in [1.807, 2.05) is 0 Å². The van der Waals surface area contributed by atoms with Gasteiger partial charge in [0.05, 0.1) is 5.56 Å². The van der Waals surface area contributed by atoms with E-state index >= 15 is 0 Å². The monoisotopic (exact) mass is 403 g/mol. The summed E-state index contributed by atoms with van der Waals surface area (Å²) in [6.07, 6.45) is -4.38. The van der Waals surface area contributed by atoms with Crippen LogP contribution in [0.2, 0.25) is 0 Å².